The molecule has 0 radical (unpaired) electrons. The first-order chi connectivity index (χ1) is 13.9. The maximum absolute atomic E-state index is 12.7. The van der Waals surface area contributed by atoms with Gasteiger partial charge in [-0.3, -0.25) is 0 Å². The molecule has 1 fully saturated rings. The summed E-state index contributed by atoms with van der Waals surface area (Å²) in [5.74, 6) is 1.19. The van der Waals surface area contributed by atoms with E-state index in [-0.39, 0.29) is 30.9 Å². The van der Waals surface area contributed by atoms with Gasteiger partial charge in [-0.2, -0.15) is 13.2 Å². The number of halogens is 3. The summed E-state index contributed by atoms with van der Waals surface area (Å²) in [6.45, 7) is 1.56. The minimum Gasteiger partial charge on any atom is -0.497 e. The molecule has 0 saturated carbocycles. The summed E-state index contributed by atoms with van der Waals surface area (Å²) in [6, 6.07) is 12.3. The zero-order chi connectivity index (χ0) is 20.9. The molecule has 1 N–H and O–H groups in total. The molecule has 1 aliphatic heterocycles. The van der Waals surface area contributed by atoms with Crippen LogP contribution in [0.15, 0.2) is 48.5 Å². The van der Waals surface area contributed by atoms with E-state index >= 15 is 0 Å². The maximum Gasteiger partial charge on any atom is 0.416 e. The first kappa shape index (κ1) is 20.8. The molecule has 156 valence electrons. The van der Waals surface area contributed by atoms with Crippen molar-refractivity contribution >= 4 is 6.03 Å². The Labute approximate surface area is 167 Å². The molecular weight excluding hydrogens is 385 g/mol. The molecule has 5 nitrogen and oxygen atoms in total. The molecule has 1 saturated heterocycles. The Hall–Kier alpha value is -2.90. The Balaban J connectivity index is 1.42. The molecule has 29 heavy (non-hydrogen) atoms. The first-order valence-electron chi connectivity index (χ1n) is 9.33. The van der Waals surface area contributed by atoms with Gasteiger partial charge < -0.3 is 19.7 Å². The first-order valence-corrected chi connectivity index (χ1v) is 9.33. The van der Waals surface area contributed by atoms with Crippen LogP contribution in [-0.2, 0) is 6.18 Å². The smallest absolute Gasteiger partial charge is 0.416 e. The van der Waals surface area contributed by atoms with Crippen molar-refractivity contribution in [3.05, 3.63) is 59.7 Å². The molecular formula is C21H23F3N2O3. The summed E-state index contributed by atoms with van der Waals surface area (Å²) in [6.07, 6.45) is -3.54. The standard InChI is InChI=1S/C21H23F3N2O3/c1-28-18-7-5-15(6-8-18)16-9-11-26(14-16)20(27)25-10-12-29-19-4-2-3-17(13-19)21(22,23)24/h2-8,13,16H,9-12,14H2,1H3,(H,25,27). The fourth-order valence-electron chi connectivity index (χ4n) is 3.29. The number of benzene rings is 2. The Morgan fingerprint density at radius 2 is 1.93 bits per heavy atom. The van der Waals surface area contributed by atoms with Crippen LogP contribution in [0.25, 0.3) is 0 Å². The number of alkyl halides is 3. The van der Waals surface area contributed by atoms with Crippen molar-refractivity contribution in [3.63, 3.8) is 0 Å². The summed E-state index contributed by atoms with van der Waals surface area (Å²) in [4.78, 5) is 14.0. The van der Waals surface area contributed by atoms with Crippen LogP contribution in [0.5, 0.6) is 11.5 Å². The fraction of sp³-hybridized carbons (Fsp3) is 0.381. The number of hydrogen-bond donors (Lipinski definition) is 1. The van der Waals surface area contributed by atoms with E-state index in [0.717, 1.165) is 29.9 Å². The highest BCUT2D eigenvalue weighted by molar-refractivity contribution is 5.74. The van der Waals surface area contributed by atoms with Crippen LogP contribution in [-0.4, -0.2) is 44.3 Å². The van der Waals surface area contributed by atoms with Crippen LogP contribution in [0, 0.1) is 0 Å². The van der Waals surface area contributed by atoms with E-state index in [1.807, 2.05) is 24.3 Å². The highest BCUT2D eigenvalue weighted by Crippen LogP contribution is 2.31. The molecule has 0 spiro atoms. The molecule has 0 bridgehead atoms. The zero-order valence-corrected chi connectivity index (χ0v) is 16.0. The van der Waals surface area contributed by atoms with Gasteiger partial charge in [-0.05, 0) is 42.3 Å². The van der Waals surface area contributed by atoms with Gasteiger partial charge in [-0.15, -0.1) is 0 Å². The van der Waals surface area contributed by atoms with Crippen molar-refractivity contribution in [2.24, 2.45) is 0 Å². The predicted molar refractivity (Wildman–Crippen MR) is 102 cm³/mol. The van der Waals surface area contributed by atoms with E-state index in [2.05, 4.69) is 5.32 Å². The Morgan fingerprint density at radius 3 is 2.62 bits per heavy atom. The number of hydrogen-bond acceptors (Lipinski definition) is 3. The molecule has 2 aromatic rings. The summed E-state index contributed by atoms with van der Waals surface area (Å²) >= 11 is 0. The number of methoxy groups -OCH3 is 1. The molecule has 1 aliphatic rings. The van der Waals surface area contributed by atoms with E-state index in [0.29, 0.717) is 13.1 Å². The number of carbonyl (C=O) groups is 1. The lowest BCUT2D eigenvalue weighted by molar-refractivity contribution is -0.137. The van der Waals surface area contributed by atoms with Crippen LogP contribution in [0.4, 0.5) is 18.0 Å². The molecule has 1 unspecified atom stereocenters. The minimum atomic E-state index is -4.41. The van der Waals surface area contributed by atoms with Gasteiger partial charge in [0.15, 0.2) is 0 Å². The van der Waals surface area contributed by atoms with Gasteiger partial charge in [0.2, 0.25) is 0 Å². The molecule has 1 heterocycles. The topological polar surface area (TPSA) is 50.8 Å². The van der Waals surface area contributed by atoms with Gasteiger partial charge in [0.1, 0.15) is 18.1 Å². The van der Waals surface area contributed by atoms with E-state index in [1.165, 1.54) is 12.1 Å². The summed E-state index contributed by atoms with van der Waals surface area (Å²) in [5, 5.41) is 2.75. The maximum atomic E-state index is 12.7. The molecule has 2 aromatic carbocycles. The SMILES string of the molecule is COc1ccc(C2CCN(C(=O)NCCOc3cccc(C(F)(F)F)c3)C2)cc1. The van der Waals surface area contributed by atoms with Crippen molar-refractivity contribution < 1.29 is 27.4 Å². The molecule has 0 aromatic heterocycles. The number of amides is 2. The number of urea groups is 1. The minimum absolute atomic E-state index is 0.0861. The van der Waals surface area contributed by atoms with E-state index in [9.17, 15) is 18.0 Å². The van der Waals surface area contributed by atoms with Crippen molar-refractivity contribution in [1.82, 2.24) is 10.2 Å². The van der Waals surface area contributed by atoms with Crippen molar-refractivity contribution in [3.8, 4) is 11.5 Å². The fourth-order valence-corrected chi connectivity index (χ4v) is 3.29. The predicted octanol–water partition coefficient (Wildman–Crippen LogP) is 4.29. The number of rotatable bonds is 6. The van der Waals surface area contributed by atoms with Crippen molar-refractivity contribution in [1.29, 1.82) is 0 Å². The highest BCUT2D eigenvalue weighted by atomic mass is 19.4. The molecule has 1 atom stereocenters. The average molecular weight is 408 g/mol. The molecule has 3 rings (SSSR count). The lowest BCUT2D eigenvalue weighted by atomic mass is 9.98. The molecule has 8 heteroatoms. The van der Waals surface area contributed by atoms with Gasteiger partial charge in [-0.25, -0.2) is 4.79 Å². The van der Waals surface area contributed by atoms with Crippen LogP contribution in [0.1, 0.15) is 23.5 Å². The lowest BCUT2D eigenvalue weighted by Crippen LogP contribution is -2.40. The second kappa shape index (κ2) is 9.07. The number of nitrogens with zero attached hydrogens (tertiary/aromatic N) is 1. The van der Waals surface area contributed by atoms with E-state index in [4.69, 9.17) is 9.47 Å². The van der Waals surface area contributed by atoms with Gasteiger partial charge in [0, 0.05) is 19.0 Å². The number of likely N-dealkylation sites (tertiary alicyclic amines) is 1. The van der Waals surface area contributed by atoms with Gasteiger partial charge in [0.05, 0.1) is 19.2 Å². The number of carbonyl (C=O) groups excluding carboxylic acids is 1. The molecule has 0 aliphatic carbocycles. The van der Waals surface area contributed by atoms with E-state index in [1.54, 1.807) is 12.0 Å². The third-order valence-electron chi connectivity index (χ3n) is 4.87. The normalized spacial score (nSPS) is 16.6. The van der Waals surface area contributed by atoms with Crippen LogP contribution >= 0.6 is 0 Å². The Bertz CT molecular complexity index is 825. The second-order valence-corrected chi connectivity index (χ2v) is 6.81. The van der Waals surface area contributed by atoms with Gasteiger partial charge in [-0.1, -0.05) is 18.2 Å². The summed E-state index contributed by atoms with van der Waals surface area (Å²) in [5.41, 5.74) is 0.398. The Kier molecular flexibility index (Phi) is 6.51. The lowest BCUT2D eigenvalue weighted by Gasteiger charge is -2.18. The van der Waals surface area contributed by atoms with Crippen LogP contribution < -0.4 is 14.8 Å². The third-order valence-corrected chi connectivity index (χ3v) is 4.87. The van der Waals surface area contributed by atoms with Crippen LogP contribution in [0.3, 0.4) is 0 Å². The number of nitrogens with one attached hydrogen (secondary N) is 1. The van der Waals surface area contributed by atoms with Gasteiger partial charge >= 0.3 is 12.2 Å². The zero-order valence-electron chi connectivity index (χ0n) is 16.0. The third kappa shape index (κ3) is 5.56. The summed E-state index contributed by atoms with van der Waals surface area (Å²) in [7, 11) is 1.62. The van der Waals surface area contributed by atoms with E-state index < -0.39 is 11.7 Å². The largest absolute Gasteiger partial charge is 0.497 e. The number of ether oxygens (including phenoxy) is 2. The molecule has 2 amide bonds. The van der Waals surface area contributed by atoms with Gasteiger partial charge in [0.25, 0.3) is 0 Å². The monoisotopic (exact) mass is 408 g/mol. The van der Waals surface area contributed by atoms with Crippen molar-refractivity contribution in [2.75, 3.05) is 33.4 Å². The Morgan fingerprint density at radius 1 is 1.17 bits per heavy atom. The second-order valence-electron chi connectivity index (χ2n) is 6.81. The highest BCUT2D eigenvalue weighted by Gasteiger charge is 2.30. The van der Waals surface area contributed by atoms with Crippen LogP contribution in [0.2, 0.25) is 0 Å². The average Bonchev–Trinajstić information content (AvgIpc) is 3.21. The summed E-state index contributed by atoms with van der Waals surface area (Å²) < 4.78 is 48.6. The van der Waals surface area contributed by atoms with Crippen molar-refractivity contribution in [2.45, 2.75) is 18.5 Å². The quantitative estimate of drug-likeness (QED) is 0.726.